The van der Waals surface area contributed by atoms with Gasteiger partial charge in [-0.05, 0) is 43.5 Å². The van der Waals surface area contributed by atoms with Crippen LogP contribution in [0.15, 0.2) is 17.0 Å². The molecule has 0 aliphatic rings. The van der Waals surface area contributed by atoms with Crippen molar-refractivity contribution in [2.75, 3.05) is 24.3 Å². The van der Waals surface area contributed by atoms with Crippen LogP contribution in [0.4, 0.5) is 5.69 Å². The summed E-state index contributed by atoms with van der Waals surface area (Å²) in [5.74, 6) is 0.484. The molecule has 0 aliphatic heterocycles. The van der Waals surface area contributed by atoms with Gasteiger partial charge in [0.1, 0.15) is 0 Å². The van der Waals surface area contributed by atoms with E-state index in [4.69, 9.17) is 5.73 Å². The van der Waals surface area contributed by atoms with Crippen LogP contribution in [0.5, 0.6) is 0 Å². The average Bonchev–Trinajstić information content (AvgIpc) is 2.29. The van der Waals surface area contributed by atoms with Gasteiger partial charge in [-0.3, -0.25) is 4.21 Å². The van der Waals surface area contributed by atoms with Gasteiger partial charge in [-0.15, -0.1) is 0 Å². The fraction of sp³-hybridized carbons (Fsp3) is 0.500. The summed E-state index contributed by atoms with van der Waals surface area (Å²) in [7, 11) is -4.47. The van der Waals surface area contributed by atoms with E-state index in [1.54, 1.807) is 19.2 Å². The molecule has 7 heteroatoms. The molecule has 0 heterocycles. The highest BCUT2D eigenvalue weighted by molar-refractivity contribution is 7.89. The van der Waals surface area contributed by atoms with Gasteiger partial charge < -0.3 is 5.73 Å². The van der Waals surface area contributed by atoms with Crippen molar-refractivity contribution in [1.82, 2.24) is 4.72 Å². The summed E-state index contributed by atoms with van der Waals surface area (Å²) < 4.78 is 37.7. The van der Waals surface area contributed by atoms with Crippen molar-refractivity contribution in [3.8, 4) is 0 Å². The summed E-state index contributed by atoms with van der Waals surface area (Å²) in [6.45, 7) is 3.85. The highest BCUT2D eigenvalue weighted by Crippen LogP contribution is 2.22. The van der Waals surface area contributed by atoms with Crippen molar-refractivity contribution < 1.29 is 12.6 Å². The molecule has 0 saturated heterocycles. The van der Waals surface area contributed by atoms with E-state index < -0.39 is 20.8 Å². The molecule has 0 fully saturated rings. The Bertz CT molecular complexity index is 583. The predicted octanol–water partition coefficient (Wildman–Crippen LogP) is 0.933. The Morgan fingerprint density at radius 3 is 2.53 bits per heavy atom. The van der Waals surface area contributed by atoms with Gasteiger partial charge in [-0.25, -0.2) is 13.1 Å². The van der Waals surface area contributed by atoms with Crippen molar-refractivity contribution in [2.45, 2.75) is 25.2 Å². The SMILES string of the molecule is Cc1cc(N)cc(S(=O)(=O)NCCCS(C)=O)c1C. The fourth-order valence-electron chi connectivity index (χ4n) is 1.69. The molecule has 108 valence electrons. The van der Waals surface area contributed by atoms with Crippen LogP contribution >= 0.6 is 0 Å². The summed E-state index contributed by atoms with van der Waals surface area (Å²) in [6.07, 6.45) is 2.14. The van der Waals surface area contributed by atoms with E-state index in [9.17, 15) is 12.6 Å². The fourth-order valence-corrected chi connectivity index (χ4v) is 3.67. The van der Waals surface area contributed by atoms with E-state index in [0.717, 1.165) is 5.56 Å². The lowest BCUT2D eigenvalue weighted by molar-refractivity contribution is 0.580. The van der Waals surface area contributed by atoms with Crippen molar-refractivity contribution >= 4 is 26.5 Å². The number of rotatable bonds is 6. The molecular weight excluding hydrogens is 284 g/mol. The van der Waals surface area contributed by atoms with Crippen LogP contribution in [0, 0.1) is 13.8 Å². The zero-order valence-electron chi connectivity index (χ0n) is 11.4. The minimum Gasteiger partial charge on any atom is -0.399 e. The average molecular weight is 304 g/mol. The topological polar surface area (TPSA) is 89.3 Å². The quantitative estimate of drug-likeness (QED) is 0.604. The van der Waals surface area contributed by atoms with Crippen LogP contribution in [0.25, 0.3) is 0 Å². The first-order chi connectivity index (χ1) is 8.74. The Morgan fingerprint density at radius 2 is 1.95 bits per heavy atom. The number of benzene rings is 1. The Labute approximate surface area is 117 Å². The highest BCUT2D eigenvalue weighted by Gasteiger charge is 2.18. The van der Waals surface area contributed by atoms with Crippen molar-refractivity contribution in [3.63, 3.8) is 0 Å². The molecule has 1 atom stereocenters. The number of aryl methyl sites for hydroxylation is 1. The van der Waals surface area contributed by atoms with E-state index in [2.05, 4.69) is 4.72 Å². The molecule has 19 heavy (non-hydrogen) atoms. The number of nitrogen functional groups attached to an aromatic ring is 1. The van der Waals surface area contributed by atoms with Gasteiger partial charge in [-0.1, -0.05) is 0 Å². The molecule has 1 rings (SSSR count). The third-order valence-electron chi connectivity index (χ3n) is 2.83. The Morgan fingerprint density at radius 1 is 1.32 bits per heavy atom. The van der Waals surface area contributed by atoms with Crippen molar-refractivity contribution in [1.29, 1.82) is 0 Å². The standard InChI is InChI=1S/C12H20N2O3S2/c1-9-7-11(13)8-12(10(9)2)19(16,17)14-5-4-6-18(3)15/h7-8,14H,4-6,13H2,1-3H3. The smallest absolute Gasteiger partial charge is 0.240 e. The van der Waals surface area contributed by atoms with E-state index in [1.165, 1.54) is 6.07 Å². The summed E-state index contributed by atoms with van der Waals surface area (Å²) in [4.78, 5) is 0.211. The van der Waals surface area contributed by atoms with Gasteiger partial charge in [0, 0.05) is 35.0 Å². The maximum Gasteiger partial charge on any atom is 0.240 e. The molecule has 1 aromatic rings. The third-order valence-corrected chi connectivity index (χ3v) is 5.28. The van der Waals surface area contributed by atoms with Gasteiger partial charge in [0.05, 0.1) is 4.90 Å². The monoisotopic (exact) mass is 304 g/mol. The lowest BCUT2D eigenvalue weighted by Crippen LogP contribution is -2.26. The summed E-state index contributed by atoms with van der Waals surface area (Å²) >= 11 is 0. The van der Waals surface area contributed by atoms with Crippen LogP contribution in [0.1, 0.15) is 17.5 Å². The highest BCUT2D eigenvalue weighted by atomic mass is 32.2. The number of hydrogen-bond acceptors (Lipinski definition) is 4. The molecule has 0 bridgehead atoms. The molecule has 0 spiro atoms. The van der Waals surface area contributed by atoms with E-state index >= 15 is 0 Å². The predicted molar refractivity (Wildman–Crippen MR) is 79.1 cm³/mol. The second kappa shape index (κ2) is 6.49. The minimum atomic E-state index is -3.56. The Balaban J connectivity index is 2.86. The molecule has 0 aromatic heterocycles. The first-order valence-corrected chi connectivity index (χ1v) is 9.11. The normalized spacial score (nSPS) is 13.4. The first-order valence-electron chi connectivity index (χ1n) is 5.90. The van der Waals surface area contributed by atoms with Crippen LogP contribution < -0.4 is 10.5 Å². The lowest BCUT2D eigenvalue weighted by Gasteiger charge is -2.12. The zero-order valence-corrected chi connectivity index (χ0v) is 13.0. The molecule has 0 radical (unpaired) electrons. The second-order valence-electron chi connectivity index (χ2n) is 4.49. The Hall–Kier alpha value is -0.920. The van der Waals surface area contributed by atoms with Gasteiger partial charge >= 0.3 is 0 Å². The maximum atomic E-state index is 12.2. The number of hydrogen-bond donors (Lipinski definition) is 2. The first kappa shape index (κ1) is 16.1. The van der Waals surface area contributed by atoms with Crippen LogP contribution in [-0.2, 0) is 20.8 Å². The van der Waals surface area contributed by atoms with Crippen molar-refractivity contribution in [3.05, 3.63) is 23.3 Å². The van der Waals surface area contributed by atoms with Crippen LogP contribution in [-0.4, -0.2) is 31.2 Å². The van der Waals surface area contributed by atoms with E-state index in [0.29, 0.717) is 23.4 Å². The number of anilines is 1. The number of sulfonamides is 1. The molecule has 5 nitrogen and oxygen atoms in total. The zero-order chi connectivity index (χ0) is 14.6. The molecule has 1 aromatic carbocycles. The summed E-state index contributed by atoms with van der Waals surface area (Å²) in [5, 5.41) is 0. The lowest BCUT2D eigenvalue weighted by atomic mass is 10.1. The van der Waals surface area contributed by atoms with Gasteiger partial charge in [0.2, 0.25) is 10.0 Å². The molecule has 0 aliphatic carbocycles. The van der Waals surface area contributed by atoms with Crippen LogP contribution in [0.2, 0.25) is 0 Å². The summed E-state index contributed by atoms with van der Waals surface area (Å²) in [6, 6.07) is 3.21. The largest absolute Gasteiger partial charge is 0.399 e. The molecule has 1 unspecified atom stereocenters. The van der Waals surface area contributed by atoms with Gasteiger partial charge in [-0.2, -0.15) is 0 Å². The van der Waals surface area contributed by atoms with Gasteiger partial charge in [0.25, 0.3) is 0 Å². The molecular formula is C12H20N2O3S2. The summed E-state index contributed by atoms with van der Waals surface area (Å²) in [5.41, 5.74) is 7.65. The maximum absolute atomic E-state index is 12.2. The Kier molecular flexibility index (Phi) is 5.51. The van der Waals surface area contributed by atoms with Gasteiger partial charge in [0.15, 0.2) is 0 Å². The second-order valence-corrected chi connectivity index (χ2v) is 7.78. The van der Waals surface area contributed by atoms with E-state index in [-0.39, 0.29) is 11.4 Å². The van der Waals surface area contributed by atoms with E-state index in [1.807, 2.05) is 6.92 Å². The molecule has 3 N–H and O–H groups in total. The number of nitrogens with one attached hydrogen (secondary N) is 1. The molecule has 0 saturated carbocycles. The number of nitrogens with two attached hydrogens (primary N) is 1. The molecule has 0 amide bonds. The third kappa shape index (κ3) is 4.59. The van der Waals surface area contributed by atoms with Crippen molar-refractivity contribution in [2.24, 2.45) is 0 Å². The minimum absolute atomic E-state index is 0.211. The van der Waals surface area contributed by atoms with Crippen LogP contribution in [0.3, 0.4) is 0 Å².